The molecule has 22 heavy (non-hydrogen) atoms. The lowest BCUT2D eigenvalue weighted by Gasteiger charge is -2.33. The first-order valence-corrected chi connectivity index (χ1v) is 8.17. The molecule has 1 nitrogen and oxygen atoms in total. The van der Waals surface area contributed by atoms with Gasteiger partial charge in [0.15, 0.2) is 0 Å². The molecule has 0 bridgehead atoms. The molecule has 1 heteroatoms. The van der Waals surface area contributed by atoms with Gasteiger partial charge in [-0.15, -0.1) is 0 Å². The number of rotatable bonds is 1. The molecular formula is C21H26O. The molecule has 0 amide bonds. The highest BCUT2D eigenvalue weighted by molar-refractivity contribution is 5.82. The maximum atomic E-state index is 10.9. The van der Waals surface area contributed by atoms with E-state index in [0.29, 0.717) is 0 Å². The first kappa shape index (κ1) is 15.3. The van der Waals surface area contributed by atoms with Gasteiger partial charge in [0.1, 0.15) is 0 Å². The SMILES string of the molecule is Cc1cccc2c1-c1c(c(C)c(C)c(C)c1C(C)(C)O)CC2. The van der Waals surface area contributed by atoms with Crippen molar-refractivity contribution in [2.75, 3.05) is 0 Å². The van der Waals surface area contributed by atoms with Crippen LogP contribution in [0.5, 0.6) is 0 Å². The lowest BCUT2D eigenvalue weighted by atomic mass is 9.73. The summed E-state index contributed by atoms with van der Waals surface area (Å²) in [6, 6.07) is 6.58. The highest BCUT2D eigenvalue weighted by Gasteiger charge is 2.31. The van der Waals surface area contributed by atoms with Crippen molar-refractivity contribution in [2.24, 2.45) is 0 Å². The maximum Gasteiger partial charge on any atom is 0.0849 e. The van der Waals surface area contributed by atoms with Gasteiger partial charge in [-0.3, -0.25) is 0 Å². The number of aryl methyl sites for hydroxylation is 2. The fourth-order valence-electron chi connectivity index (χ4n) is 4.13. The first-order chi connectivity index (χ1) is 10.2. The Morgan fingerprint density at radius 2 is 1.55 bits per heavy atom. The van der Waals surface area contributed by atoms with Crippen LogP contribution in [0, 0.1) is 27.7 Å². The summed E-state index contributed by atoms with van der Waals surface area (Å²) in [5, 5.41) is 10.9. The second-order valence-corrected chi connectivity index (χ2v) is 7.27. The van der Waals surface area contributed by atoms with Gasteiger partial charge in [0.05, 0.1) is 5.60 Å². The Bertz CT molecular complexity index is 761. The number of benzene rings is 2. The number of fused-ring (bicyclic) bond motifs is 3. The summed E-state index contributed by atoms with van der Waals surface area (Å²) in [6.07, 6.45) is 2.17. The molecule has 0 aliphatic heterocycles. The van der Waals surface area contributed by atoms with Crippen LogP contribution in [0.25, 0.3) is 11.1 Å². The quantitative estimate of drug-likeness (QED) is 0.792. The predicted molar refractivity (Wildman–Crippen MR) is 93.5 cm³/mol. The minimum Gasteiger partial charge on any atom is -0.386 e. The maximum absolute atomic E-state index is 10.9. The molecule has 0 radical (unpaired) electrons. The average molecular weight is 294 g/mol. The molecule has 1 N–H and O–H groups in total. The minimum atomic E-state index is -0.830. The molecule has 0 saturated heterocycles. The van der Waals surface area contributed by atoms with Crippen LogP contribution in [0.3, 0.4) is 0 Å². The van der Waals surface area contributed by atoms with Gasteiger partial charge in [-0.1, -0.05) is 18.2 Å². The Morgan fingerprint density at radius 1 is 0.864 bits per heavy atom. The predicted octanol–water partition coefficient (Wildman–Crippen LogP) is 4.91. The summed E-state index contributed by atoms with van der Waals surface area (Å²) in [5.74, 6) is 0. The monoisotopic (exact) mass is 294 g/mol. The zero-order valence-electron chi connectivity index (χ0n) is 14.6. The second kappa shape index (κ2) is 4.96. The van der Waals surface area contributed by atoms with Crippen molar-refractivity contribution in [2.45, 2.75) is 60.0 Å². The largest absolute Gasteiger partial charge is 0.386 e. The van der Waals surface area contributed by atoms with Gasteiger partial charge in [-0.2, -0.15) is 0 Å². The van der Waals surface area contributed by atoms with Crippen molar-refractivity contribution in [3.8, 4) is 11.1 Å². The molecule has 0 unspecified atom stereocenters. The van der Waals surface area contributed by atoms with Gasteiger partial charge in [0.2, 0.25) is 0 Å². The molecule has 2 aromatic rings. The molecule has 0 fully saturated rings. The van der Waals surface area contributed by atoms with Gasteiger partial charge in [0.25, 0.3) is 0 Å². The minimum absolute atomic E-state index is 0.830. The third kappa shape index (κ3) is 2.11. The van der Waals surface area contributed by atoms with Gasteiger partial charge >= 0.3 is 0 Å². The Kier molecular flexibility index (Phi) is 3.45. The van der Waals surface area contributed by atoms with E-state index in [1.165, 1.54) is 44.5 Å². The topological polar surface area (TPSA) is 20.2 Å². The average Bonchev–Trinajstić information content (AvgIpc) is 2.43. The van der Waals surface area contributed by atoms with Crippen LogP contribution in [0.1, 0.15) is 52.8 Å². The summed E-state index contributed by atoms with van der Waals surface area (Å²) < 4.78 is 0. The molecule has 3 rings (SSSR count). The Morgan fingerprint density at radius 3 is 2.18 bits per heavy atom. The van der Waals surface area contributed by atoms with Gasteiger partial charge in [0, 0.05) is 0 Å². The third-order valence-electron chi connectivity index (χ3n) is 5.37. The standard InChI is InChI=1S/C21H26O/c1-12-8-7-9-16-10-11-17-14(3)13(2)15(4)20(21(5,6)22)19(17)18(12)16/h7-9,22H,10-11H2,1-6H3. The Labute approximate surface area is 134 Å². The van der Waals surface area contributed by atoms with Crippen molar-refractivity contribution in [1.29, 1.82) is 0 Å². The van der Waals surface area contributed by atoms with E-state index < -0.39 is 5.60 Å². The molecule has 1 aliphatic rings. The lowest BCUT2D eigenvalue weighted by Crippen LogP contribution is -2.23. The summed E-state index contributed by atoms with van der Waals surface area (Å²) in [7, 11) is 0. The van der Waals surface area contributed by atoms with Crippen molar-refractivity contribution < 1.29 is 5.11 Å². The van der Waals surface area contributed by atoms with Crippen LogP contribution in [0.2, 0.25) is 0 Å². The van der Waals surface area contributed by atoms with E-state index in [4.69, 9.17) is 0 Å². The van der Waals surface area contributed by atoms with Crippen molar-refractivity contribution in [1.82, 2.24) is 0 Å². The zero-order chi connectivity index (χ0) is 16.2. The summed E-state index contributed by atoms with van der Waals surface area (Å²) >= 11 is 0. The number of hydrogen-bond donors (Lipinski definition) is 1. The summed E-state index contributed by atoms with van der Waals surface area (Å²) in [4.78, 5) is 0. The molecule has 2 aromatic carbocycles. The van der Waals surface area contributed by atoms with Crippen LogP contribution in [0.15, 0.2) is 18.2 Å². The fraction of sp³-hybridized carbons (Fsp3) is 0.429. The molecule has 116 valence electrons. The molecule has 0 atom stereocenters. The highest BCUT2D eigenvalue weighted by Crippen LogP contribution is 2.45. The molecule has 1 aliphatic carbocycles. The Hall–Kier alpha value is -1.60. The van der Waals surface area contributed by atoms with Crippen molar-refractivity contribution >= 4 is 0 Å². The van der Waals surface area contributed by atoms with E-state index in [1.54, 1.807) is 0 Å². The van der Waals surface area contributed by atoms with Gasteiger partial charge in [-0.05, 0) is 104 Å². The molecule has 0 spiro atoms. The third-order valence-corrected chi connectivity index (χ3v) is 5.37. The molecular weight excluding hydrogens is 268 g/mol. The van der Waals surface area contributed by atoms with Crippen LogP contribution in [-0.2, 0) is 18.4 Å². The van der Waals surface area contributed by atoms with E-state index >= 15 is 0 Å². The van der Waals surface area contributed by atoms with Gasteiger partial charge < -0.3 is 5.11 Å². The van der Waals surface area contributed by atoms with Crippen molar-refractivity contribution in [3.63, 3.8) is 0 Å². The number of hydrogen-bond acceptors (Lipinski definition) is 1. The zero-order valence-corrected chi connectivity index (χ0v) is 14.6. The fourth-order valence-corrected chi connectivity index (χ4v) is 4.13. The van der Waals surface area contributed by atoms with Crippen molar-refractivity contribution in [3.05, 3.63) is 57.1 Å². The number of aliphatic hydroxyl groups is 1. The van der Waals surface area contributed by atoms with Crippen LogP contribution in [0.4, 0.5) is 0 Å². The van der Waals surface area contributed by atoms with E-state index in [2.05, 4.69) is 45.9 Å². The highest BCUT2D eigenvalue weighted by atomic mass is 16.3. The smallest absolute Gasteiger partial charge is 0.0849 e. The lowest BCUT2D eigenvalue weighted by molar-refractivity contribution is 0.0783. The van der Waals surface area contributed by atoms with Gasteiger partial charge in [-0.25, -0.2) is 0 Å². The summed E-state index contributed by atoms with van der Waals surface area (Å²) in [6.45, 7) is 12.6. The van der Waals surface area contributed by atoms with Crippen LogP contribution >= 0.6 is 0 Å². The van der Waals surface area contributed by atoms with Crippen LogP contribution in [-0.4, -0.2) is 5.11 Å². The normalized spacial score (nSPS) is 13.8. The summed E-state index contributed by atoms with van der Waals surface area (Å²) in [5.41, 5.74) is 11.1. The van der Waals surface area contributed by atoms with E-state index in [1.807, 2.05) is 13.8 Å². The molecule has 0 saturated carbocycles. The molecule has 0 aromatic heterocycles. The van der Waals surface area contributed by atoms with E-state index in [0.717, 1.165) is 18.4 Å². The van der Waals surface area contributed by atoms with Crippen LogP contribution < -0.4 is 0 Å². The van der Waals surface area contributed by atoms with E-state index in [9.17, 15) is 5.11 Å². The van der Waals surface area contributed by atoms with E-state index in [-0.39, 0.29) is 0 Å². The first-order valence-electron chi connectivity index (χ1n) is 8.17. The Balaban J connectivity index is 2.51. The second-order valence-electron chi connectivity index (χ2n) is 7.27. The molecule has 0 heterocycles.